The van der Waals surface area contributed by atoms with E-state index in [1.54, 1.807) is 4.68 Å². The summed E-state index contributed by atoms with van der Waals surface area (Å²) in [5, 5.41) is 13.1. The SMILES string of the molecule is CCc1cn(CCCCC(NC(=O)OC)C(=O)NC)nn1. The van der Waals surface area contributed by atoms with E-state index < -0.39 is 12.1 Å². The second-order valence-electron chi connectivity index (χ2n) is 4.63. The second-order valence-corrected chi connectivity index (χ2v) is 4.63. The fourth-order valence-electron chi connectivity index (χ4n) is 1.88. The molecule has 8 heteroatoms. The molecule has 1 rings (SSSR count). The van der Waals surface area contributed by atoms with E-state index in [1.165, 1.54) is 14.2 Å². The highest BCUT2D eigenvalue weighted by Crippen LogP contribution is 2.04. The first-order chi connectivity index (χ1) is 10.1. The summed E-state index contributed by atoms with van der Waals surface area (Å²) < 4.78 is 6.31. The highest BCUT2D eigenvalue weighted by atomic mass is 16.5. The van der Waals surface area contributed by atoms with Crippen molar-refractivity contribution in [3.63, 3.8) is 0 Å². The average molecular weight is 297 g/mol. The Kier molecular flexibility index (Phi) is 7.20. The summed E-state index contributed by atoms with van der Waals surface area (Å²) in [6.07, 6.45) is 4.36. The number of carbonyl (C=O) groups excluding carboxylic acids is 2. The molecule has 1 atom stereocenters. The van der Waals surface area contributed by atoms with E-state index in [0.29, 0.717) is 6.42 Å². The van der Waals surface area contributed by atoms with E-state index in [2.05, 4.69) is 25.7 Å². The van der Waals surface area contributed by atoms with Crippen molar-refractivity contribution in [2.75, 3.05) is 14.2 Å². The molecule has 0 aliphatic heterocycles. The van der Waals surface area contributed by atoms with Gasteiger partial charge in [-0.2, -0.15) is 0 Å². The molecule has 0 spiro atoms. The molecule has 8 nitrogen and oxygen atoms in total. The minimum atomic E-state index is -0.604. The van der Waals surface area contributed by atoms with E-state index in [1.807, 2.05) is 13.1 Å². The van der Waals surface area contributed by atoms with Gasteiger partial charge in [-0.15, -0.1) is 5.10 Å². The van der Waals surface area contributed by atoms with Crippen molar-refractivity contribution in [2.45, 2.75) is 45.2 Å². The molecule has 1 aromatic heterocycles. The van der Waals surface area contributed by atoms with Gasteiger partial charge in [-0.25, -0.2) is 4.79 Å². The number of aryl methyl sites for hydroxylation is 2. The van der Waals surface area contributed by atoms with Crippen LogP contribution in [0.1, 0.15) is 31.9 Å². The second kappa shape index (κ2) is 8.93. The number of amides is 2. The van der Waals surface area contributed by atoms with E-state index in [9.17, 15) is 9.59 Å². The molecule has 0 saturated heterocycles. The molecular weight excluding hydrogens is 274 g/mol. The predicted molar refractivity (Wildman–Crippen MR) is 76.6 cm³/mol. The zero-order chi connectivity index (χ0) is 15.7. The number of rotatable bonds is 8. The normalized spacial score (nSPS) is 11.8. The molecule has 1 aromatic rings. The zero-order valence-corrected chi connectivity index (χ0v) is 12.8. The number of aromatic nitrogens is 3. The van der Waals surface area contributed by atoms with Gasteiger partial charge < -0.3 is 15.4 Å². The summed E-state index contributed by atoms with van der Waals surface area (Å²) in [6.45, 7) is 2.77. The van der Waals surface area contributed by atoms with Crippen LogP contribution in [0.4, 0.5) is 4.79 Å². The van der Waals surface area contributed by atoms with Crippen LogP contribution in [0, 0.1) is 0 Å². The Bertz CT molecular complexity index is 460. The fourth-order valence-corrected chi connectivity index (χ4v) is 1.88. The maximum Gasteiger partial charge on any atom is 0.407 e. The third kappa shape index (κ3) is 5.80. The van der Waals surface area contributed by atoms with Crippen LogP contribution in [0.15, 0.2) is 6.20 Å². The van der Waals surface area contributed by atoms with Crippen LogP contribution in [0.25, 0.3) is 0 Å². The first-order valence-corrected chi connectivity index (χ1v) is 7.05. The van der Waals surface area contributed by atoms with Gasteiger partial charge in [-0.05, 0) is 25.7 Å². The zero-order valence-electron chi connectivity index (χ0n) is 12.8. The maximum atomic E-state index is 11.7. The lowest BCUT2D eigenvalue weighted by Gasteiger charge is -2.16. The molecule has 2 amide bonds. The first kappa shape index (κ1) is 16.9. The maximum absolute atomic E-state index is 11.7. The predicted octanol–water partition coefficient (Wildman–Crippen LogP) is 0.481. The summed E-state index contributed by atoms with van der Waals surface area (Å²) >= 11 is 0. The molecule has 0 saturated carbocycles. The van der Waals surface area contributed by atoms with Crippen LogP contribution < -0.4 is 10.6 Å². The Morgan fingerprint density at radius 2 is 2.19 bits per heavy atom. The molecule has 21 heavy (non-hydrogen) atoms. The van der Waals surface area contributed by atoms with E-state index in [-0.39, 0.29) is 5.91 Å². The minimum Gasteiger partial charge on any atom is -0.453 e. The topological polar surface area (TPSA) is 98.1 Å². The van der Waals surface area contributed by atoms with Crippen molar-refractivity contribution in [3.05, 3.63) is 11.9 Å². The average Bonchev–Trinajstić information content (AvgIpc) is 2.97. The number of nitrogens with zero attached hydrogens (tertiary/aromatic N) is 3. The molecule has 0 bridgehead atoms. The van der Waals surface area contributed by atoms with Crippen LogP contribution in [0.5, 0.6) is 0 Å². The van der Waals surface area contributed by atoms with Gasteiger partial charge in [0.25, 0.3) is 0 Å². The molecule has 1 unspecified atom stereocenters. The lowest BCUT2D eigenvalue weighted by atomic mass is 10.1. The van der Waals surface area contributed by atoms with E-state index in [0.717, 1.165) is 31.5 Å². The third-order valence-electron chi connectivity index (χ3n) is 3.12. The van der Waals surface area contributed by atoms with Crippen LogP contribution in [-0.4, -0.2) is 47.2 Å². The molecule has 2 N–H and O–H groups in total. The molecule has 0 fully saturated rings. The molecule has 0 aliphatic carbocycles. The molecule has 0 aliphatic rings. The van der Waals surface area contributed by atoms with Crippen LogP contribution in [-0.2, 0) is 22.5 Å². The minimum absolute atomic E-state index is 0.227. The van der Waals surface area contributed by atoms with E-state index >= 15 is 0 Å². The van der Waals surface area contributed by atoms with Crippen molar-refractivity contribution in [3.8, 4) is 0 Å². The largest absolute Gasteiger partial charge is 0.453 e. The molecule has 0 radical (unpaired) electrons. The summed E-state index contributed by atoms with van der Waals surface area (Å²) in [5.41, 5.74) is 0.964. The summed E-state index contributed by atoms with van der Waals surface area (Å²) in [5.74, 6) is -0.227. The smallest absolute Gasteiger partial charge is 0.407 e. The van der Waals surface area contributed by atoms with Gasteiger partial charge in [0, 0.05) is 19.8 Å². The number of methoxy groups -OCH3 is 1. The van der Waals surface area contributed by atoms with Crippen LogP contribution >= 0.6 is 0 Å². The van der Waals surface area contributed by atoms with Gasteiger partial charge in [0.2, 0.25) is 5.91 Å². The third-order valence-corrected chi connectivity index (χ3v) is 3.12. The standard InChI is InChI=1S/C13H23N5O3/c1-4-10-9-18(17-16-10)8-6-5-7-11(12(19)14-2)15-13(20)21-3/h9,11H,4-8H2,1-3H3,(H,14,19)(H,15,20). The Morgan fingerprint density at radius 3 is 2.76 bits per heavy atom. The van der Waals surface area contributed by atoms with Crippen molar-refractivity contribution >= 4 is 12.0 Å². The number of ether oxygens (including phenoxy) is 1. The summed E-state index contributed by atoms with van der Waals surface area (Å²) in [7, 11) is 2.81. The van der Waals surface area contributed by atoms with Gasteiger partial charge in [-0.1, -0.05) is 12.1 Å². The van der Waals surface area contributed by atoms with Gasteiger partial charge in [0.05, 0.1) is 12.8 Å². The molecule has 1 heterocycles. The molecular formula is C13H23N5O3. The van der Waals surface area contributed by atoms with Crippen molar-refractivity contribution in [1.82, 2.24) is 25.6 Å². The number of unbranched alkanes of at least 4 members (excludes halogenated alkanes) is 1. The molecule has 0 aromatic carbocycles. The molecule has 118 valence electrons. The van der Waals surface area contributed by atoms with Gasteiger partial charge >= 0.3 is 6.09 Å². The lowest BCUT2D eigenvalue weighted by Crippen LogP contribution is -2.45. The number of nitrogens with one attached hydrogen (secondary N) is 2. The number of carbonyl (C=O) groups is 2. The quantitative estimate of drug-likeness (QED) is 0.680. The number of hydrogen-bond acceptors (Lipinski definition) is 5. The van der Waals surface area contributed by atoms with Crippen molar-refractivity contribution in [1.29, 1.82) is 0 Å². The summed E-state index contributed by atoms with van der Waals surface area (Å²) in [6, 6.07) is -0.579. The van der Waals surface area contributed by atoms with E-state index in [4.69, 9.17) is 0 Å². The Balaban J connectivity index is 2.35. The highest BCUT2D eigenvalue weighted by Gasteiger charge is 2.19. The number of likely N-dealkylation sites (N-methyl/N-ethyl adjacent to an activating group) is 1. The number of hydrogen-bond donors (Lipinski definition) is 2. The van der Waals surface area contributed by atoms with Crippen LogP contribution in [0.2, 0.25) is 0 Å². The Hall–Kier alpha value is -2.12. The monoisotopic (exact) mass is 297 g/mol. The van der Waals surface area contributed by atoms with Crippen molar-refractivity contribution in [2.24, 2.45) is 0 Å². The Morgan fingerprint density at radius 1 is 1.43 bits per heavy atom. The van der Waals surface area contributed by atoms with Gasteiger partial charge in [0.1, 0.15) is 6.04 Å². The fraction of sp³-hybridized carbons (Fsp3) is 0.692. The number of alkyl carbamates (subject to hydrolysis) is 1. The van der Waals surface area contributed by atoms with Crippen LogP contribution in [0.3, 0.4) is 0 Å². The highest BCUT2D eigenvalue weighted by molar-refractivity contribution is 5.85. The van der Waals surface area contributed by atoms with Gasteiger partial charge in [0.15, 0.2) is 0 Å². The summed E-state index contributed by atoms with van der Waals surface area (Å²) in [4.78, 5) is 22.9. The lowest BCUT2D eigenvalue weighted by molar-refractivity contribution is -0.122. The first-order valence-electron chi connectivity index (χ1n) is 7.05. The Labute approximate surface area is 124 Å². The van der Waals surface area contributed by atoms with Gasteiger partial charge in [-0.3, -0.25) is 9.48 Å². The van der Waals surface area contributed by atoms with Crippen molar-refractivity contribution < 1.29 is 14.3 Å².